The van der Waals surface area contributed by atoms with E-state index >= 15 is 0 Å². The van der Waals surface area contributed by atoms with Gasteiger partial charge in [-0.05, 0) is 44.2 Å². The lowest BCUT2D eigenvalue weighted by molar-refractivity contribution is 0.102. The molecule has 0 saturated carbocycles. The number of benzene rings is 1. The van der Waals surface area contributed by atoms with E-state index in [0.717, 1.165) is 22.8 Å². The van der Waals surface area contributed by atoms with E-state index in [1.54, 1.807) is 6.20 Å². The van der Waals surface area contributed by atoms with Gasteiger partial charge in [0.15, 0.2) is 0 Å². The number of para-hydroxylation sites is 1. The molecule has 116 valence electrons. The van der Waals surface area contributed by atoms with Crippen LogP contribution >= 0.6 is 0 Å². The molecule has 1 aromatic carbocycles. The summed E-state index contributed by atoms with van der Waals surface area (Å²) in [7, 11) is 0. The van der Waals surface area contributed by atoms with E-state index < -0.39 is 0 Å². The number of carbonyl (C=O) groups excluding carboxylic acids is 1. The van der Waals surface area contributed by atoms with Crippen LogP contribution in [0, 0.1) is 13.8 Å². The Morgan fingerprint density at radius 2 is 1.83 bits per heavy atom. The van der Waals surface area contributed by atoms with Gasteiger partial charge in [-0.3, -0.25) is 9.78 Å². The third kappa shape index (κ3) is 3.31. The number of anilines is 1. The summed E-state index contributed by atoms with van der Waals surface area (Å²) in [5, 5.41) is 2.94. The largest absolute Gasteiger partial charge is 0.342 e. The van der Waals surface area contributed by atoms with Gasteiger partial charge in [-0.1, -0.05) is 24.3 Å². The van der Waals surface area contributed by atoms with Crippen LogP contribution in [0.4, 0.5) is 5.69 Å². The van der Waals surface area contributed by atoms with Crippen molar-refractivity contribution in [1.29, 1.82) is 0 Å². The average Bonchev–Trinajstić information content (AvgIpc) is 2.85. The van der Waals surface area contributed by atoms with Crippen molar-refractivity contribution in [1.82, 2.24) is 9.55 Å². The molecule has 0 fully saturated rings. The minimum absolute atomic E-state index is 0.0865. The van der Waals surface area contributed by atoms with E-state index in [1.807, 2.05) is 68.4 Å². The van der Waals surface area contributed by atoms with E-state index in [1.165, 1.54) is 0 Å². The number of aromatic nitrogens is 2. The van der Waals surface area contributed by atoms with Crippen LogP contribution in [-0.4, -0.2) is 15.5 Å². The Kier molecular flexibility index (Phi) is 4.24. The summed E-state index contributed by atoms with van der Waals surface area (Å²) in [5.41, 5.74) is 4.46. The van der Waals surface area contributed by atoms with Gasteiger partial charge in [-0.25, -0.2) is 0 Å². The highest BCUT2D eigenvalue weighted by atomic mass is 16.1. The van der Waals surface area contributed by atoms with Crippen LogP contribution in [0.5, 0.6) is 0 Å². The predicted molar refractivity (Wildman–Crippen MR) is 91.6 cm³/mol. The standard InChI is InChI=1S/C19H19N3O/c1-14-12-18(19(23)21-16-8-4-3-5-9-16)15(2)22(14)13-17-10-6-7-11-20-17/h3-12H,13H2,1-2H3,(H,21,23). The molecule has 0 unspecified atom stereocenters. The SMILES string of the molecule is Cc1cc(C(=O)Nc2ccccc2)c(C)n1Cc1ccccn1. The van der Waals surface area contributed by atoms with Crippen molar-refractivity contribution in [2.45, 2.75) is 20.4 Å². The molecule has 1 amide bonds. The highest BCUT2D eigenvalue weighted by Crippen LogP contribution is 2.18. The smallest absolute Gasteiger partial charge is 0.257 e. The van der Waals surface area contributed by atoms with Crippen molar-refractivity contribution in [2.75, 3.05) is 5.32 Å². The molecule has 3 rings (SSSR count). The molecule has 0 aliphatic rings. The summed E-state index contributed by atoms with van der Waals surface area (Å²) in [6.45, 7) is 4.64. The lowest BCUT2D eigenvalue weighted by Crippen LogP contribution is -2.13. The zero-order valence-electron chi connectivity index (χ0n) is 13.3. The quantitative estimate of drug-likeness (QED) is 0.797. The van der Waals surface area contributed by atoms with Gasteiger partial charge >= 0.3 is 0 Å². The topological polar surface area (TPSA) is 46.9 Å². The first-order valence-corrected chi connectivity index (χ1v) is 7.58. The van der Waals surface area contributed by atoms with Gasteiger partial charge in [0, 0.05) is 23.3 Å². The first kappa shape index (κ1) is 15.0. The molecule has 1 N–H and O–H groups in total. The number of hydrogen-bond acceptors (Lipinski definition) is 2. The zero-order valence-corrected chi connectivity index (χ0v) is 13.3. The maximum Gasteiger partial charge on any atom is 0.257 e. The second-order valence-corrected chi connectivity index (χ2v) is 5.51. The third-order valence-corrected chi connectivity index (χ3v) is 3.90. The maximum atomic E-state index is 12.5. The molecular weight excluding hydrogens is 286 g/mol. The van der Waals surface area contributed by atoms with Gasteiger partial charge in [-0.15, -0.1) is 0 Å². The Morgan fingerprint density at radius 1 is 1.09 bits per heavy atom. The molecule has 3 aromatic rings. The maximum absolute atomic E-state index is 12.5. The van der Waals surface area contributed by atoms with Crippen LogP contribution < -0.4 is 5.32 Å². The number of pyridine rings is 1. The van der Waals surface area contributed by atoms with Crippen molar-refractivity contribution in [3.05, 3.63) is 83.4 Å². The van der Waals surface area contributed by atoms with Crippen molar-refractivity contribution in [2.24, 2.45) is 0 Å². The first-order chi connectivity index (χ1) is 11.1. The molecule has 0 saturated heterocycles. The molecule has 0 atom stereocenters. The monoisotopic (exact) mass is 305 g/mol. The van der Waals surface area contributed by atoms with Gasteiger partial charge in [0.1, 0.15) is 0 Å². The number of aryl methyl sites for hydroxylation is 1. The van der Waals surface area contributed by atoms with Crippen molar-refractivity contribution in [3.8, 4) is 0 Å². The van der Waals surface area contributed by atoms with Crippen LogP contribution in [0.2, 0.25) is 0 Å². The molecule has 2 aromatic heterocycles. The van der Waals surface area contributed by atoms with Gasteiger partial charge in [-0.2, -0.15) is 0 Å². The minimum Gasteiger partial charge on any atom is -0.342 e. The fourth-order valence-corrected chi connectivity index (χ4v) is 2.65. The molecule has 0 aliphatic heterocycles. The van der Waals surface area contributed by atoms with Crippen LogP contribution in [0.15, 0.2) is 60.8 Å². The summed E-state index contributed by atoms with van der Waals surface area (Å²) in [5.74, 6) is -0.0865. The number of nitrogens with zero attached hydrogens (tertiary/aromatic N) is 2. The second kappa shape index (κ2) is 6.48. The molecule has 0 spiro atoms. The molecule has 4 nitrogen and oxygen atoms in total. The number of carbonyl (C=O) groups is 1. The average molecular weight is 305 g/mol. The number of hydrogen-bond donors (Lipinski definition) is 1. The van der Waals surface area contributed by atoms with E-state index in [-0.39, 0.29) is 5.91 Å². The molecular formula is C19H19N3O. The normalized spacial score (nSPS) is 10.5. The van der Waals surface area contributed by atoms with Gasteiger partial charge < -0.3 is 9.88 Å². The second-order valence-electron chi connectivity index (χ2n) is 5.51. The highest BCUT2D eigenvalue weighted by molar-refractivity contribution is 6.05. The van der Waals surface area contributed by atoms with Crippen molar-refractivity contribution in [3.63, 3.8) is 0 Å². The molecule has 0 bridgehead atoms. The van der Waals surface area contributed by atoms with E-state index in [4.69, 9.17) is 0 Å². The Hall–Kier alpha value is -2.88. The van der Waals surface area contributed by atoms with Crippen LogP contribution in [0.3, 0.4) is 0 Å². The number of rotatable bonds is 4. The summed E-state index contributed by atoms with van der Waals surface area (Å²) in [6, 6.07) is 17.3. The predicted octanol–water partition coefficient (Wildman–Crippen LogP) is 3.80. The van der Waals surface area contributed by atoms with E-state index in [2.05, 4.69) is 14.9 Å². The Labute approximate surface area is 135 Å². The molecule has 2 heterocycles. The number of amides is 1. The molecule has 23 heavy (non-hydrogen) atoms. The summed E-state index contributed by atoms with van der Waals surface area (Å²) in [4.78, 5) is 16.9. The fraction of sp³-hybridized carbons (Fsp3) is 0.158. The lowest BCUT2D eigenvalue weighted by Gasteiger charge is -2.09. The highest BCUT2D eigenvalue weighted by Gasteiger charge is 2.16. The number of nitrogens with one attached hydrogen (secondary N) is 1. The third-order valence-electron chi connectivity index (χ3n) is 3.90. The zero-order chi connectivity index (χ0) is 16.2. The van der Waals surface area contributed by atoms with Gasteiger partial charge in [0.05, 0.1) is 17.8 Å². The van der Waals surface area contributed by atoms with Crippen LogP contribution in [-0.2, 0) is 6.54 Å². The van der Waals surface area contributed by atoms with E-state index in [9.17, 15) is 4.79 Å². The van der Waals surface area contributed by atoms with Crippen LogP contribution in [0.1, 0.15) is 27.4 Å². The molecule has 0 aliphatic carbocycles. The Bertz CT molecular complexity index is 807. The van der Waals surface area contributed by atoms with Crippen LogP contribution in [0.25, 0.3) is 0 Å². The Balaban J connectivity index is 1.84. The first-order valence-electron chi connectivity index (χ1n) is 7.58. The summed E-state index contributed by atoms with van der Waals surface area (Å²) >= 11 is 0. The summed E-state index contributed by atoms with van der Waals surface area (Å²) in [6.07, 6.45) is 1.78. The minimum atomic E-state index is -0.0865. The fourth-order valence-electron chi connectivity index (χ4n) is 2.65. The van der Waals surface area contributed by atoms with Crippen molar-refractivity contribution >= 4 is 11.6 Å². The summed E-state index contributed by atoms with van der Waals surface area (Å²) < 4.78 is 2.11. The van der Waals surface area contributed by atoms with E-state index in [0.29, 0.717) is 12.1 Å². The molecule has 0 radical (unpaired) electrons. The molecule has 4 heteroatoms. The Morgan fingerprint density at radius 3 is 2.52 bits per heavy atom. The van der Waals surface area contributed by atoms with Gasteiger partial charge in [0.2, 0.25) is 0 Å². The van der Waals surface area contributed by atoms with Crippen molar-refractivity contribution < 1.29 is 4.79 Å². The van der Waals surface area contributed by atoms with Gasteiger partial charge in [0.25, 0.3) is 5.91 Å². The lowest BCUT2D eigenvalue weighted by atomic mass is 10.2.